The van der Waals surface area contributed by atoms with Crippen LogP contribution in [-0.4, -0.2) is 53.1 Å². The zero-order valence-corrected chi connectivity index (χ0v) is 18.0. The van der Waals surface area contributed by atoms with Crippen molar-refractivity contribution in [3.05, 3.63) is 64.1 Å². The molecular formula is C25H31N3O3. The van der Waals surface area contributed by atoms with Gasteiger partial charge in [-0.2, -0.15) is 0 Å². The number of hydrogen-bond acceptors (Lipinski definition) is 4. The maximum Gasteiger partial charge on any atom is 0.255 e. The fraction of sp³-hybridized carbons (Fsp3) is 0.520. The molecule has 1 amide bonds. The summed E-state index contributed by atoms with van der Waals surface area (Å²) >= 11 is 0. The fourth-order valence-corrected chi connectivity index (χ4v) is 5.43. The van der Waals surface area contributed by atoms with Crippen molar-refractivity contribution in [1.29, 1.82) is 0 Å². The summed E-state index contributed by atoms with van der Waals surface area (Å²) in [5.74, 6) is 1.54. The number of carbonyl (C=O) groups is 1. The number of rotatable bonds is 6. The minimum absolute atomic E-state index is 0.145. The Kier molecular flexibility index (Phi) is 5.81. The number of pyridine rings is 1. The van der Waals surface area contributed by atoms with Crippen LogP contribution in [0.2, 0.25) is 0 Å². The summed E-state index contributed by atoms with van der Waals surface area (Å²) in [6.45, 7) is 5.51. The van der Waals surface area contributed by atoms with Crippen molar-refractivity contribution in [2.75, 3.05) is 32.8 Å². The maximum atomic E-state index is 13.2. The van der Waals surface area contributed by atoms with Crippen LogP contribution in [0.25, 0.3) is 0 Å². The Morgan fingerprint density at radius 3 is 2.61 bits per heavy atom. The molecule has 1 aromatic carbocycles. The highest BCUT2D eigenvalue weighted by Crippen LogP contribution is 2.35. The van der Waals surface area contributed by atoms with E-state index in [9.17, 15) is 9.59 Å². The van der Waals surface area contributed by atoms with Crippen molar-refractivity contribution in [3.8, 4) is 5.75 Å². The van der Waals surface area contributed by atoms with E-state index < -0.39 is 0 Å². The van der Waals surface area contributed by atoms with E-state index >= 15 is 0 Å². The monoisotopic (exact) mass is 421 g/mol. The Balaban J connectivity index is 1.23. The minimum atomic E-state index is 0.145. The van der Waals surface area contributed by atoms with Crippen LogP contribution in [-0.2, 0) is 17.9 Å². The third kappa shape index (κ3) is 4.40. The molecule has 6 nitrogen and oxygen atoms in total. The van der Waals surface area contributed by atoms with Gasteiger partial charge in [0.05, 0.1) is 13.0 Å². The second-order valence-corrected chi connectivity index (χ2v) is 9.19. The van der Waals surface area contributed by atoms with E-state index in [4.69, 9.17) is 4.74 Å². The van der Waals surface area contributed by atoms with E-state index in [-0.39, 0.29) is 17.4 Å². The van der Waals surface area contributed by atoms with Gasteiger partial charge in [-0.3, -0.25) is 14.5 Å². The lowest BCUT2D eigenvalue weighted by atomic mass is 9.83. The van der Waals surface area contributed by atoms with Crippen molar-refractivity contribution in [2.45, 2.75) is 44.7 Å². The molecular weight excluding hydrogens is 390 g/mol. The molecule has 2 bridgehead atoms. The first-order valence-corrected chi connectivity index (χ1v) is 11.6. The van der Waals surface area contributed by atoms with Gasteiger partial charge in [0.2, 0.25) is 5.91 Å². The third-order valence-corrected chi connectivity index (χ3v) is 6.96. The standard InChI is InChI=1S/C25H31N3O3/c29-24(10-13-31-22-6-2-1-3-7-22)27-15-19-14-21(18-27)23-9-8-20(25(30)28(23)16-19)17-26-11-4-5-12-26/h1-3,6-9,19,21H,4-5,10-18H2/t19-,21+/m0/s1. The average Bonchev–Trinajstić information content (AvgIpc) is 3.30. The molecule has 0 radical (unpaired) electrons. The molecule has 2 fully saturated rings. The Bertz CT molecular complexity index is 981. The summed E-state index contributed by atoms with van der Waals surface area (Å²) in [6.07, 6.45) is 3.92. The zero-order chi connectivity index (χ0) is 21.2. The summed E-state index contributed by atoms with van der Waals surface area (Å²) in [5, 5.41) is 0. The number of benzene rings is 1. The van der Waals surface area contributed by atoms with Crippen LogP contribution in [0.1, 0.15) is 42.9 Å². The Morgan fingerprint density at radius 1 is 1.00 bits per heavy atom. The van der Waals surface area contributed by atoms with Crippen molar-refractivity contribution in [1.82, 2.24) is 14.4 Å². The first kappa shape index (κ1) is 20.3. The van der Waals surface area contributed by atoms with Crippen LogP contribution in [0.3, 0.4) is 0 Å². The number of nitrogens with zero attached hydrogens (tertiary/aromatic N) is 3. The van der Waals surface area contributed by atoms with Crippen molar-refractivity contribution in [2.24, 2.45) is 5.92 Å². The van der Waals surface area contributed by atoms with Gasteiger partial charge in [0.15, 0.2) is 0 Å². The molecule has 0 N–H and O–H groups in total. The van der Waals surface area contributed by atoms with E-state index in [2.05, 4.69) is 11.0 Å². The normalized spacial score (nSPS) is 22.9. The molecule has 3 aliphatic heterocycles. The van der Waals surface area contributed by atoms with E-state index in [1.54, 1.807) is 0 Å². The Morgan fingerprint density at radius 2 is 1.81 bits per heavy atom. The van der Waals surface area contributed by atoms with Crippen LogP contribution in [0, 0.1) is 5.92 Å². The first-order valence-electron chi connectivity index (χ1n) is 11.6. The molecule has 3 aliphatic rings. The van der Waals surface area contributed by atoms with Crippen LogP contribution >= 0.6 is 0 Å². The number of ether oxygens (including phenoxy) is 1. The van der Waals surface area contributed by atoms with Gasteiger partial charge in [-0.25, -0.2) is 0 Å². The first-order chi connectivity index (χ1) is 15.2. The van der Waals surface area contributed by atoms with Crippen molar-refractivity contribution in [3.63, 3.8) is 0 Å². The van der Waals surface area contributed by atoms with Gasteiger partial charge >= 0.3 is 0 Å². The molecule has 31 heavy (non-hydrogen) atoms. The molecule has 0 spiro atoms. The van der Waals surface area contributed by atoms with Gasteiger partial charge in [-0.15, -0.1) is 0 Å². The highest BCUT2D eigenvalue weighted by molar-refractivity contribution is 5.76. The van der Waals surface area contributed by atoms with Crippen LogP contribution < -0.4 is 10.3 Å². The predicted octanol–water partition coefficient (Wildman–Crippen LogP) is 2.86. The predicted molar refractivity (Wildman–Crippen MR) is 119 cm³/mol. The molecule has 0 unspecified atom stereocenters. The lowest BCUT2D eigenvalue weighted by molar-refractivity contribution is -0.134. The van der Waals surface area contributed by atoms with E-state index in [1.807, 2.05) is 45.9 Å². The van der Waals surface area contributed by atoms with Crippen molar-refractivity contribution >= 4 is 5.91 Å². The number of piperidine rings is 1. The second-order valence-electron chi connectivity index (χ2n) is 9.19. The number of likely N-dealkylation sites (tertiary alicyclic amines) is 2. The van der Waals surface area contributed by atoms with E-state index in [0.717, 1.165) is 56.2 Å². The van der Waals surface area contributed by atoms with Gasteiger partial charge in [0.25, 0.3) is 5.56 Å². The molecule has 1 aromatic heterocycles. The summed E-state index contributed by atoms with van der Waals surface area (Å²) in [7, 11) is 0. The van der Waals surface area contributed by atoms with Gasteiger partial charge in [-0.05, 0) is 56.5 Å². The molecule has 2 atom stereocenters. The zero-order valence-electron chi connectivity index (χ0n) is 18.0. The number of amides is 1. The molecule has 4 heterocycles. The van der Waals surface area contributed by atoms with Crippen LogP contribution in [0.15, 0.2) is 47.3 Å². The SMILES string of the molecule is O=C(CCOc1ccccc1)N1C[C@@H]2C[C@H](C1)c1ccc(CN3CCCC3)c(=O)n1C2. The van der Waals surface area contributed by atoms with Gasteiger partial charge < -0.3 is 14.2 Å². The van der Waals surface area contributed by atoms with Crippen LogP contribution in [0.5, 0.6) is 5.75 Å². The largest absolute Gasteiger partial charge is 0.493 e. The Labute approximate surface area is 183 Å². The molecule has 0 aliphatic carbocycles. The highest BCUT2D eigenvalue weighted by Gasteiger charge is 2.36. The van der Waals surface area contributed by atoms with Gasteiger partial charge in [0, 0.05) is 43.4 Å². The smallest absolute Gasteiger partial charge is 0.255 e. The average molecular weight is 422 g/mol. The summed E-state index contributed by atoms with van der Waals surface area (Å²) in [4.78, 5) is 30.3. The molecule has 2 aromatic rings. The van der Waals surface area contributed by atoms with E-state index in [0.29, 0.717) is 25.5 Å². The molecule has 6 heteroatoms. The molecule has 0 saturated carbocycles. The Hall–Kier alpha value is -2.60. The maximum absolute atomic E-state index is 13.2. The lowest BCUT2D eigenvalue weighted by Gasteiger charge is -2.43. The molecule has 164 valence electrons. The van der Waals surface area contributed by atoms with Crippen LogP contribution in [0.4, 0.5) is 0 Å². The number of aromatic nitrogens is 1. The summed E-state index contributed by atoms with van der Waals surface area (Å²) < 4.78 is 7.71. The second kappa shape index (κ2) is 8.87. The highest BCUT2D eigenvalue weighted by atomic mass is 16.5. The number of fused-ring (bicyclic) bond motifs is 4. The fourth-order valence-electron chi connectivity index (χ4n) is 5.43. The molecule has 5 rings (SSSR count). The summed E-state index contributed by atoms with van der Waals surface area (Å²) in [5.41, 5.74) is 2.19. The van der Waals surface area contributed by atoms with Crippen molar-refractivity contribution < 1.29 is 9.53 Å². The number of hydrogen-bond donors (Lipinski definition) is 0. The number of carbonyl (C=O) groups excluding carboxylic acids is 1. The lowest BCUT2D eigenvalue weighted by Crippen LogP contribution is -2.49. The number of para-hydroxylation sites is 1. The quantitative estimate of drug-likeness (QED) is 0.720. The molecule has 2 saturated heterocycles. The third-order valence-electron chi connectivity index (χ3n) is 6.96. The summed E-state index contributed by atoms with van der Waals surface area (Å²) in [6, 6.07) is 13.8. The minimum Gasteiger partial charge on any atom is -0.493 e. The topological polar surface area (TPSA) is 54.8 Å². The van der Waals surface area contributed by atoms with E-state index in [1.165, 1.54) is 12.8 Å². The van der Waals surface area contributed by atoms with Gasteiger partial charge in [0.1, 0.15) is 5.75 Å². The van der Waals surface area contributed by atoms with Gasteiger partial charge in [-0.1, -0.05) is 24.3 Å².